The molecule has 1 N–H and O–H groups in total. The van der Waals surface area contributed by atoms with E-state index >= 15 is 0 Å². The lowest BCUT2D eigenvalue weighted by molar-refractivity contribution is -0.126. The lowest BCUT2D eigenvalue weighted by Gasteiger charge is -2.23. The van der Waals surface area contributed by atoms with Crippen LogP contribution in [0.1, 0.15) is 23.9 Å². The number of rotatable bonds is 5. The zero-order chi connectivity index (χ0) is 22.9. The zero-order valence-electron chi connectivity index (χ0n) is 18.0. The van der Waals surface area contributed by atoms with Crippen molar-refractivity contribution in [2.24, 2.45) is 13.0 Å². The third-order valence-electron chi connectivity index (χ3n) is 5.95. The van der Waals surface area contributed by atoms with Gasteiger partial charge in [0.15, 0.2) is 11.5 Å². The van der Waals surface area contributed by atoms with E-state index < -0.39 is 17.8 Å². The van der Waals surface area contributed by atoms with Gasteiger partial charge in [-0.2, -0.15) is 0 Å². The molecule has 2 unspecified atom stereocenters. The van der Waals surface area contributed by atoms with Crippen LogP contribution < -0.4 is 19.7 Å². The number of imidazole rings is 1. The van der Waals surface area contributed by atoms with Gasteiger partial charge in [0.05, 0.1) is 5.92 Å². The van der Waals surface area contributed by atoms with Crippen molar-refractivity contribution >= 4 is 17.5 Å². The van der Waals surface area contributed by atoms with E-state index in [0.717, 1.165) is 0 Å². The molecule has 5 rings (SSSR count). The summed E-state index contributed by atoms with van der Waals surface area (Å²) in [5.41, 5.74) is 0.961. The summed E-state index contributed by atoms with van der Waals surface area (Å²) in [6.45, 7) is 1.14. The fourth-order valence-electron chi connectivity index (χ4n) is 4.24. The fourth-order valence-corrected chi connectivity index (χ4v) is 4.24. The van der Waals surface area contributed by atoms with E-state index in [1.165, 1.54) is 6.07 Å². The van der Waals surface area contributed by atoms with E-state index in [2.05, 4.69) is 10.3 Å². The first-order chi connectivity index (χ1) is 16.0. The average molecular weight is 450 g/mol. The van der Waals surface area contributed by atoms with Crippen molar-refractivity contribution in [3.63, 3.8) is 0 Å². The molecule has 9 heteroatoms. The third-order valence-corrected chi connectivity index (χ3v) is 5.95. The molecule has 3 aromatic rings. The minimum Gasteiger partial charge on any atom is -0.486 e. The smallest absolute Gasteiger partial charge is 0.227 e. The van der Waals surface area contributed by atoms with E-state index in [0.29, 0.717) is 41.8 Å². The van der Waals surface area contributed by atoms with Crippen LogP contribution in [0.5, 0.6) is 11.5 Å². The number of aromatic nitrogens is 2. The Morgan fingerprint density at radius 3 is 2.73 bits per heavy atom. The second-order valence-electron chi connectivity index (χ2n) is 8.09. The number of benzene rings is 2. The Balaban J connectivity index is 1.36. The van der Waals surface area contributed by atoms with Crippen LogP contribution >= 0.6 is 0 Å². The SMILES string of the molecule is Cn1ccnc1C(NC(=O)C1CC(=O)N(c2ccc3c(c2)OCCO3)C1)c1ccccc1F. The van der Waals surface area contributed by atoms with Crippen LogP contribution in [0.3, 0.4) is 0 Å². The number of hydrogen-bond acceptors (Lipinski definition) is 5. The van der Waals surface area contributed by atoms with Gasteiger partial charge in [-0.15, -0.1) is 0 Å². The van der Waals surface area contributed by atoms with Crippen LogP contribution in [0.2, 0.25) is 0 Å². The summed E-state index contributed by atoms with van der Waals surface area (Å²) in [6.07, 6.45) is 3.39. The molecule has 1 saturated heterocycles. The lowest BCUT2D eigenvalue weighted by Crippen LogP contribution is -2.37. The molecule has 0 radical (unpaired) electrons. The average Bonchev–Trinajstić information content (AvgIpc) is 3.43. The van der Waals surface area contributed by atoms with E-state index in [1.807, 2.05) is 0 Å². The predicted molar refractivity (Wildman–Crippen MR) is 117 cm³/mol. The zero-order valence-corrected chi connectivity index (χ0v) is 18.0. The number of ether oxygens (including phenoxy) is 2. The Labute approximate surface area is 189 Å². The van der Waals surface area contributed by atoms with Gasteiger partial charge in [-0.3, -0.25) is 9.59 Å². The van der Waals surface area contributed by atoms with Crippen molar-refractivity contribution in [1.29, 1.82) is 0 Å². The highest BCUT2D eigenvalue weighted by molar-refractivity contribution is 6.00. The van der Waals surface area contributed by atoms with Gasteiger partial charge in [-0.05, 0) is 18.2 Å². The first-order valence-corrected chi connectivity index (χ1v) is 10.7. The van der Waals surface area contributed by atoms with Crippen LogP contribution in [0.4, 0.5) is 10.1 Å². The monoisotopic (exact) mass is 450 g/mol. The summed E-state index contributed by atoms with van der Waals surface area (Å²) in [5, 5.41) is 2.92. The Morgan fingerprint density at radius 1 is 1.18 bits per heavy atom. The van der Waals surface area contributed by atoms with Gasteiger partial charge in [0, 0.05) is 49.7 Å². The number of anilines is 1. The number of fused-ring (bicyclic) bond motifs is 1. The van der Waals surface area contributed by atoms with Crippen LogP contribution in [-0.4, -0.2) is 41.1 Å². The van der Waals surface area contributed by atoms with Gasteiger partial charge in [-0.1, -0.05) is 18.2 Å². The highest BCUT2D eigenvalue weighted by Crippen LogP contribution is 2.36. The summed E-state index contributed by atoms with van der Waals surface area (Å²) in [6, 6.07) is 10.8. The number of carbonyl (C=O) groups excluding carboxylic acids is 2. The molecular weight excluding hydrogens is 427 g/mol. The van der Waals surface area contributed by atoms with Crippen molar-refractivity contribution in [2.45, 2.75) is 12.5 Å². The standard InChI is InChI=1S/C24H23FN4O4/c1-28-9-8-26-23(28)22(17-4-2-3-5-18(17)25)27-24(31)15-12-21(30)29(14-15)16-6-7-19-20(13-16)33-11-10-32-19/h2-9,13,15,22H,10-12,14H2,1H3,(H,27,31). The van der Waals surface area contributed by atoms with E-state index in [9.17, 15) is 14.0 Å². The fraction of sp³-hybridized carbons (Fsp3) is 0.292. The lowest BCUT2D eigenvalue weighted by atomic mass is 10.0. The quantitative estimate of drug-likeness (QED) is 0.646. The molecule has 3 heterocycles. The van der Waals surface area contributed by atoms with Crippen LogP contribution in [0, 0.1) is 11.7 Å². The molecule has 2 amide bonds. The number of amides is 2. The molecule has 33 heavy (non-hydrogen) atoms. The van der Waals surface area contributed by atoms with E-state index in [1.54, 1.807) is 65.3 Å². The van der Waals surface area contributed by atoms with Gasteiger partial charge in [0.2, 0.25) is 11.8 Å². The Bertz CT molecular complexity index is 1210. The number of nitrogens with zero attached hydrogens (tertiary/aromatic N) is 3. The summed E-state index contributed by atoms with van der Waals surface area (Å²) >= 11 is 0. The maximum Gasteiger partial charge on any atom is 0.227 e. The number of carbonyl (C=O) groups is 2. The van der Waals surface area contributed by atoms with Crippen LogP contribution in [-0.2, 0) is 16.6 Å². The van der Waals surface area contributed by atoms with Gasteiger partial charge >= 0.3 is 0 Å². The predicted octanol–water partition coefficient (Wildman–Crippen LogP) is 2.59. The summed E-state index contributed by atoms with van der Waals surface area (Å²) < 4.78 is 27.5. The molecule has 2 atom stereocenters. The molecular formula is C24H23FN4O4. The van der Waals surface area contributed by atoms with Crippen LogP contribution in [0.25, 0.3) is 0 Å². The summed E-state index contributed by atoms with van der Waals surface area (Å²) in [7, 11) is 1.78. The maximum absolute atomic E-state index is 14.6. The Kier molecular flexibility index (Phi) is 5.45. The molecule has 0 saturated carbocycles. The minimum absolute atomic E-state index is 0.0603. The molecule has 2 aliphatic heterocycles. The Hall–Kier alpha value is -3.88. The highest BCUT2D eigenvalue weighted by atomic mass is 19.1. The van der Waals surface area contributed by atoms with Crippen molar-refractivity contribution in [3.05, 3.63) is 72.1 Å². The van der Waals surface area contributed by atoms with Crippen LogP contribution in [0.15, 0.2) is 54.9 Å². The van der Waals surface area contributed by atoms with Crippen molar-refractivity contribution in [3.8, 4) is 11.5 Å². The minimum atomic E-state index is -0.780. The number of hydrogen-bond donors (Lipinski definition) is 1. The van der Waals surface area contributed by atoms with E-state index in [-0.39, 0.29) is 24.8 Å². The third kappa shape index (κ3) is 4.02. The highest BCUT2D eigenvalue weighted by Gasteiger charge is 2.37. The molecule has 1 aromatic heterocycles. The molecule has 2 aliphatic rings. The molecule has 0 bridgehead atoms. The first-order valence-electron chi connectivity index (χ1n) is 10.7. The topological polar surface area (TPSA) is 85.7 Å². The first kappa shape index (κ1) is 21.0. The summed E-state index contributed by atoms with van der Waals surface area (Å²) in [4.78, 5) is 31.8. The van der Waals surface area contributed by atoms with Gasteiger partial charge in [0.1, 0.15) is 30.9 Å². The number of aryl methyl sites for hydroxylation is 1. The molecule has 0 spiro atoms. The second kappa shape index (κ2) is 8.57. The molecule has 0 aliphatic carbocycles. The molecule has 2 aromatic carbocycles. The van der Waals surface area contributed by atoms with Crippen molar-refractivity contribution < 1.29 is 23.5 Å². The molecule has 170 valence electrons. The van der Waals surface area contributed by atoms with Gasteiger partial charge in [-0.25, -0.2) is 9.37 Å². The number of nitrogens with one attached hydrogen (secondary N) is 1. The largest absolute Gasteiger partial charge is 0.486 e. The van der Waals surface area contributed by atoms with E-state index in [4.69, 9.17) is 9.47 Å². The Morgan fingerprint density at radius 2 is 1.97 bits per heavy atom. The van der Waals surface area contributed by atoms with Gasteiger partial charge < -0.3 is 24.3 Å². The number of halogens is 1. The summed E-state index contributed by atoms with van der Waals surface area (Å²) in [5.74, 6) is 0.196. The van der Waals surface area contributed by atoms with Crippen molar-refractivity contribution in [1.82, 2.24) is 14.9 Å². The van der Waals surface area contributed by atoms with Gasteiger partial charge in [0.25, 0.3) is 0 Å². The molecule has 1 fully saturated rings. The second-order valence-corrected chi connectivity index (χ2v) is 8.09. The maximum atomic E-state index is 14.6. The molecule has 8 nitrogen and oxygen atoms in total. The van der Waals surface area contributed by atoms with Crippen molar-refractivity contribution in [2.75, 3.05) is 24.7 Å². The normalized spacial score (nSPS) is 18.3.